The third kappa shape index (κ3) is 4.58. The Morgan fingerprint density at radius 1 is 1.18 bits per heavy atom. The largest absolute Gasteiger partial charge is 0.356 e. The third-order valence-corrected chi connectivity index (χ3v) is 3.51. The lowest BCUT2D eigenvalue weighted by Gasteiger charge is -2.15. The van der Waals surface area contributed by atoms with E-state index in [1.807, 2.05) is 4.90 Å². The number of hydrogen-bond donors (Lipinski definition) is 2. The lowest BCUT2D eigenvalue weighted by Crippen LogP contribution is -2.27. The van der Waals surface area contributed by atoms with Gasteiger partial charge in [-0.2, -0.15) is 0 Å². The van der Waals surface area contributed by atoms with Gasteiger partial charge in [-0.25, -0.2) is 0 Å². The lowest BCUT2D eigenvalue weighted by atomic mass is 10.1. The van der Waals surface area contributed by atoms with Gasteiger partial charge in [0.2, 0.25) is 11.8 Å². The standard InChI is InChI=1S/C16H21N3O3/c1-12(20)17-8-7-15(21)18-14-6-4-5-13(11-14)16(22)19-9-2-3-10-19/h4-6,11H,2-3,7-10H2,1H3,(H,17,20)(H,18,21). The normalized spacial score (nSPS) is 13.8. The number of nitrogens with one attached hydrogen (secondary N) is 2. The van der Waals surface area contributed by atoms with Crippen LogP contribution in [0.1, 0.15) is 36.5 Å². The molecule has 0 spiro atoms. The molecule has 3 amide bonds. The summed E-state index contributed by atoms with van der Waals surface area (Å²) in [6.45, 7) is 3.30. The number of rotatable bonds is 5. The van der Waals surface area contributed by atoms with E-state index in [0.29, 0.717) is 17.8 Å². The fourth-order valence-corrected chi connectivity index (χ4v) is 2.41. The first-order valence-electron chi connectivity index (χ1n) is 7.50. The predicted octanol–water partition coefficient (Wildman–Crippen LogP) is 1.39. The van der Waals surface area contributed by atoms with Crippen LogP contribution in [0.25, 0.3) is 0 Å². The lowest BCUT2D eigenvalue weighted by molar-refractivity contribution is -0.119. The summed E-state index contributed by atoms with van der Waals surface area (Å²) in [5, 5.41) is 5.31. The molecule has 0 bridgehead atoms. The quantitative estimate of drug-likeness (QED) is 0.862. The van der Waals surface area contributed by atoms with Crippen molar-refractivity contribution in [3.8, 4) is 0 Å². The Bertz CT molecular complexity index is 566. The van der Waals surface area contributed by atoms with Crippen LogP contribution in [0.2, 0.25) is 0 Å². The number of benzene rings is 1. The maximum absolute atomic E-state index is 12.3. The van der Waals surface area contributed by atoms with Crippen molar-refractivity contribution in [2.45, 2.75) is 26.2 Å². The number of likely N-dealkylation sites (tertiary alicyclic amines) is 1. The van der Waals surface area contributed by atoms with Crippen molar-refractivity contribution in [2.24, 2.45) is 0 Å². The van der Waals surface area contributed by atoms with E-state index in [9.17, 15) is 14.4 Å². The number of carbonyl (C=O) groups excluding carboxylic acids is 3. The van der Waals surface area contributed by atoms with Crippen LogP contribution in [0.5, 0.6) is 0 Å². The predicted molar refractivity (Wildman–Crippen MR) is 83.5 cm³/mol. The molecule has 1 aromatic rings. The molecule has 1 fully saturated rings. The maximum Gasteiger partial charge on any atom is 0.253 e. The minimum absolute atomic E-state index is 0.00634. The summed E-state index contributed by atoms with van der Waals surface area (Å²) in [6.07, 6.45) is 2.29. The van der Waals surface area contributed by atoms with Gasteiger partial charge in [-0.1, -0.05) is 6.07 Å². The Labute approximate surface area is 129 Å². The monoisotopic (exact) mass is 303 g/mol. The molecule has 22 heavy (non-hydrogen) atoms. The highest BCUT2D eigenvalue weighted by Crippen LogP contribution is 2.16. The van der Waals surface area contributed by atoms with E-state index >= 15 is 0 Å². The van der Waals surface area contributed by atoms with Gasteiger partial charge in [-0.15, -0.1) is 0 Å². The molecule has 2 N–H and O–H groups in total. The fourth-order valence-electron chi connectivity index (χ4n) is 2.41. The van der Waals surface area contributed by atoms with E-state index in [1.54, 1.807) is 24.3 Å². The average molecular weight is 303 g/mol. The summed E-state index contributed by atoms with van der Waals surface area (Å²) in [4.78, 5) is 36.6. The van der Waals surface area contributed by atoms with Gasteiger partial charge in [0.15, 0.2) is 0 Å². The highest BCUT2D eigenvalue weighted by molar-refractivity contribution is 5.97. The van der Waals surface area contributed by atoms with Crippen molar-refractivity contribution < 1.29 is 14.4 Å². The Balaban J connectivity index is 1.91. The number of hydrogen-bond acceptors (Lipinski definition) is 3. The second-order valence-corrected chi connectivity index (χ2v) is 5.36. The second-order valence-electron chi connectivity index (χ2n) is 5.36. The zero-order chi connectivity index (χ0) is 15.9. The van der Waals surface area contributed by atoms with E-state index in [4.69, 9.17) is 0 Å². The number of anilines is 1. The minimum atomic E-state index is -0.195. The maximum atomic E-state index is 12.3. The topological polar surface area (TPSA) is 78.5 Å². The van der Waals surface area contributed by atoms with Crippen molar-refractivity contribution in [3.63, 3.8) is 0 Å². The molecule has 2 rings (SSSR count). The molecule has 1 heterocycles. The number of amides is 3. The Morgan fingerprint density at radius 3 is 2.59 bits per heavy atom. The highest BCUT2D eigenvalue weighted by Gasteiger charge is 2.19. The molecule has 0 unspecified atom stereocenters. The number of nitrogens with zero attached hydrogens (tertiary/aromatic N) is 1. The minimum Gasteiger partial charge on any atom is -0.356 e. The van der Waals surface area contributed by atoms with E-state index in [0.717, 1.165) is 25.9 Å². The van der Waals surface area contributed by atoms with Crippen molar-refractivity contribution >= 4 is 23.4 Å². The van der Waals surface area contributed by atoms with Crippen LogP contribution < -0.4 is 10.6 Å². The zero-order valence-electron chi connectivity index (χ0n) is 12.7. The van der Waals surface area contributed by atoms with Crippen LogP contribution in [0, 0.1) is 0 Å². The van der Waals surface area contributed by atoms with E-state index in [1.165, 1.54) is 6.92 Å². The molecule has 1 aliphatic heterocycles. The van der Waals surface area contributed by atoms with Crippen molar-refractivity contribution in [1.29, 1.82) is 0 Å². The Kier molecular flexibility index (Phi) is 5.52. The Hall–Kier alpha value is -2.37. The van der Waals surface area contributed by atoms with Crippen LogP contribution >= 0.6 is 0 Å². The first-order valence-corrected chi connectivity index (χ1v) is 7.50. The van der Waals surface area contributed by atoms with Gasteiger partial charge in [0.25, 0.3) is 5.91 Å². The van der Waals surface area contributed by atoms with Gasteiger partial charge >= 0.3 is 0 Å². The summed E-state index contributed by atoms with van der Waals surface area (Å²) < 4.78 is 0. The fraction of sp³-hybridized carbons (Fsp3) is 0.438. The Morgan fingerprint density at radius 2 is 1.91 bits per heavy atom. The molecule has 0 atom stereocenters. The average Bonchev–Trinajstić information content (AvgIpc) is 3.00. The molecule has 1 aliphatic rings. The van der Waals surface area contributed by atoms with Crippen molar-refractivity contribution in [1.82, 2.24) is 10.2 Å². The third-order valence-electron chi connectivity index (χ3n) is 3.51. The first-order chi connectivity index (χ1) is 10.6. The molecule has 1 saturated heterocycles. The molecule has 1 aromatic carbocycles. The smallest absolute Gasteiger partial charge is 0.253 e. The van der Waals surface area contributed by atoms with Crippen LogP contribution in [-0.2, 0) is 9.59 Å². The summed E-state index contributed by atoms with van der Waals surface area (Å²) in [5.74, 6) is -0.350. The molecule has 6 heteroatoms. The molecule has 0 aromatic heterocycles. The van der Waals surface area contributed by atoms with E-state index in [-0.39, 0.29) is 24.1 Å². The summed E-state index contributed by atoms with van der Waals surface area (Å²) >= 11 is 0. The molecule has 0 radical (unpaired) electrons. The van der Waals surface area contributed by atoms with Crippen LogP contribution in [0.15, 0.2) is 24.3 Å². The molecular formula is C16H21N3O3. The molecule has 0 aliphatic carbocycles. The van der Waals surface area contributed by atoms with E-state index in [2.05, 4.69) is 10.6 Å². The van der Waals surface area contributed by atoms with Crippen molar-refractivity contribution in [2.75, 3.05) is 25.0 Å². The molecular weight excluding hydrogens is 282 g/mol. The van der Waals surface area contributed by atoms with Crippen LogP contribution in [-0.4, -0.2) is 42.3 Å². The van der Waals surface area contributed by atoms with Crippen LogP contribution in [0.4, 0.5) is 5.69 Å². The zero-order valence-corrected chi connectivity index (χ0v) is 12.7. The van der Waals surface area contributed by atoms with Gasteiger partial charge in [-0.05, 0) is 31.0 Å². The summed E-state index contributed by atoms with van der Waals surface area (Å²) in [5.41, 5.74) is 1.18. The van der Waals surface area contributed by atoms with E-state index < -0.39 is 0 Å². The molecule has 118 valence electrons. The summed E-state index contributed by atoms with van der Waals surface area (Å²) in [7, 11) is 0. The van der Waals surface area contributed by atoms with Gasteiger partial charge in [-0.3, -0.25) is 14.4 Å². The van der Waals surface area contributed by atoms with Gasteiger partial charge in [0.1, 0.15) is 0 Å². The summed E-state index contributed by atoms with van der Waals surface area (Å²) in [6, 6.07) is 6.95. The van der Waals surface area contributed by atoms with Crippen molar-refractivity contribution in [3.05, 3.63) is 29.8 Å². The molecule has 0 saturated carbocycles. The van der Waals surface area contributed by atoms with Gasteiger partial charge < -0.3 is 15.5 Å². The number of carbonyl (C=O) groups is 3. The molecule has 6 nitrogen and oxygen atoms in total. The van der Waals surface area contributed by atoms with Gasteiger partial charge in [0.05, 0.1) is 0 Å². The first kappa shape index (κ1) is 16.0. The SMILES string of the molecule is CC(=O)NCCC(=O)Nc1cccc(C(=O)N2CCCC2)c1. The van der Waals surface area contributed by atoms with Crippen LogP contribution in [0.3, 0.4) is 0 Å². The highest BCUT2D eigenvalue weighted by atomic mass is 16.2. The van der Waals surface area contributed by atoms with Gasteiger partial charge in [0, 0.05) is 44.2 Å². The second kappa shape index (κ2) is 7.59.